The second-order valence-corrected chi connectivity index (χ2v) is 7.13. The normalized spacial score (nSPS) is 21.7. The lowest BCUT2D eigenvalue weighted by molar-refractivity contribution is 0.154. The highest BCUT2D eigenvalue weighted by Gasteiger charge is 2.28. The molecular weight excluding hydrogens is 287 g/mol. The molecule has 0 spiro atoms. The van der Waals surface area contributed by atoms with Crippen molar-refractivity contribution in [2.75, 3.05) is 19.6 Å². The summed E-state index contributed by atoms with van der Waals surface area (Å²) in [5, 5.41) is 3.44. The molecule has 0 bridgehead atoms. The minimum atomic E-state index is 0.339. The van der Waals surface area contributed by atoms with Gasteiger partial charge in [-0.2, -0.15) is 0 Å². The van der Waals surface area contributed by atoms with Crippen LogP contribution in [0, 0.1) is 0 Å². The Morgan fingerprint density at radius 3 is 2.83 bits per heavy atom. The SMILES string of the molecule is CCCN(C1CCNC1)C(C)c1cc(Cl)sc1Cl. The Morgan fingerprint density at radius 1 is 1.56 bits per heavy atom. The van der Waals surface area contributed by atoms with Crippen LogP contribution >= 0.6 is 34.5 Å². The molecule has 1 aliphatic heterocycles. The van der Waals surface area contributed by atoms with Gasteiger partial charge in [0.15, 0.2) is 0 Å². The lowest BCUT2D eigenvalue weighted by atomic mass is 10.1. The van der Waals surface area contributed by atoms with E-state index in [0.29, 0.717) is 12.1 Å². The molecule has 1 saturated heterocycles. The van der Waals surface area contributed by atoms with Gasteiger partial charge in [0.25, 0.3) is 0 Å². The zero-order valence-corrected chi connectivity index (χ0v) is 13.2. The van der Waals surface area contributed by atoms with Crippen molar-refractivity contribution >= 4 is 34.5 Å². The molecule has 102 valence electrons. The average Bonchev–Trinajstić information content (AvgIpc) is 2.95. The van der Waals surface area contributed by atoms with Gasteiger partial charge in [-0.25, -0.2) is 0 Å². The third kappa shape index (κ3) is 3.20. The first kappa shape index (κ1) is 14.6. The smallest absolute Gasteiger partial charge is 0.0991 e. The van der Waals surface area contributed by atoms with Crippen molar-refractivity contribution in [2.24, 2.45) is 0 Å². The fourth-order valence-electron chi connectivity index (χ4n) is 2.69. The van der Waals surface area contributed by atoms with Gasteiger partial charge in [-0.05, 0) is 38.9 Å². The van der Waals surface area contributed by atoms with Crippen molar-refractivity contribution in [3.8, 4) is 0 Å². The molecule has 2 nitrogen and oxygen atoms in total. The maximum Gasteiger partial charge on any atom is 0.0991 e. The van der Waals surface area contributed by atoms with Crippen molar-refractivity contribution in [1.29, 1.82) is 0 Å². The summed E-state index contributed by atoms with van der Waals surface area (Å²) in [7, 11) is 0. The second-order valence-electron chi connectivity index (χ2n) is 4.84. The van der Waals surface area contributed by atoms with Crippen molar-refractivity contribution < 1.29 is 0 Å². The monoisotopic (exact) mass is 306 g/mol. The molecule has 5 heteroatoms. The van der Waals surface area contributed by atoms with E-state index < -0.39 is 0 Å². The molecule has 1 aromatic heterocycles. The molecular formula is C13H20Cl2N2S. The molecule has 1 aromatic rings. The van der Waals surface area contributed by atoms with Crippen molar-refractivity contribution in [2.45, 2.75) is 38.8 Å². The Kier molecular flexibility index (Phi) is 5.34. The summed E-state index contributed by atoms with van der Waals surface area (Å²) in [4.78, 5) is 2.56. The summed E-state index contributed by atoms with van der Waals surface area (Å²) < 4.78 is 1.61. The number of hydrogen-bond acceptors (Lipinski definition) is 3. The predicted octanol–water partition coefficient (Wildman–Crippen LogP) is 4.19. The molecule has 2 unspecified atom stereocenters. The first-order valence-corrected chi connectivity index (χ1v) is 8.12. The molecule has 1 aliphatic rings. The molecule has 0 aliphatic carbocycles. The summed E-state index contributed by atoms with van der Waals surface area (Å²) in [6.45, 7) is 7.77. The van der Waals surface area contributed by atoms with E-state index in [9.17, 15) is 0 Å². The number of thiophene rings is 1. The van der Waals surface area contributed by atoms with Gasteiger partial charge < -0.3 is 5.32 Å². The van der Waals surface area contributed by atoms with Crippen LogP contribution in [0.25, 0.3) is 0 Å². The van der Waals surface area contributed by atoms with Crippen LogP contribution in [0.5, 0.6) is 0 Å². The average molecular weight is 307 g/mol. The van der Waals surface area contributed by atoms with Crippen molar-refractivity contribution in [1.82, 2.24) is 10.2 Å². The van der Waals surface area contributed by atoms with Crippen molar-refractivity contribution in [3.05, 3.63) is 20.3 Å². The highest BCUT2D eigenvalue weighted by atomic mass is 35.5. The van der Waals surface area contributed by atoms with Gasteiger partial charge in [0, 0.05) is 24.2 Å². The van der Waals surface area contributed by atoms with Crippen LogP contribution in [0.3, 0.4) is 0 Å². The fraction of sp³-hybridized carbons (Fsp3) is 0.692. The van der Waals surface area contributed by atoms with Crippen LogP contribution in [0.1, 0.15) is 38.3 Å². The Morgan fingerprint density at radius 2 is 2.33 bits per heavy atom. The van der Waals surface area contributed by atoms with E-state index in [4.69, 9.17) is 23.2 Å². The van der Waals surface area contributed by atoms with Gasteiger partial charge in [-0.3, -0.25) is 4.90 Å². The van der Waals surface area contributed by atoms with Crippen LogP contribution in [0.2, 0.25) is 8.67 Å². The zero-order chi connectivity index (χ0) is 13.1. The Balaban J connectivity index is 2.16. The third-order valence-electron chi connectivity index (χ3n) is 3.62. The van der Waals surface area contributed by atoms with Crippen LogP contribution in [0.4, 0.5) is 0 Å². The molecule has 1 fully saturated rings. The standard InChI is InChI=1S/C13H20Cl2N2S/c1-3-6-17(10-4-5-16-8-10)9(2)11-7-12(14)18-13(11)15/h7,9-10,16H,3-6,8H2,1-2H3. The Hall–Kier alpha value is 0.200. The van der Waals surface area contributed by atoms with E-state index >= 15 is 0 Å². The van der Waals surface area contributed by atoms with Gasteiger partial charge in [-0.15, -0.1) is 11.3 Å². The lowest BCUT2D eigenvalue weighted by Gasteiger charge is -2.33. The Labute approximate surface area is 123 Å². The first-order chi connectivity index (χ1) is 8.63. The number of halogens is 2. The number of nitrogens with one attached hydrogen (secondary N) is 1. The van der Waals surface area contributed by atoms with Crippen LogP contribution < -0.4 is 5.32 Å². The summed E-state index contributed by atoms with van der Waals surface area (Å²) in [6, 6.07) is 2.98. The van der Waals surface area contributed by atoms with Gasteiger partial charge in [0.1, 0.15) is 0 Å². The minimum Gasteiger partial charge on any atom is -0.315 e. The minimum absolute atomic E-state index is 0.339. The molecule has 1 N–H and O–H groups in total. The number of hydrogen-bond donors (Lipinski definition) is 1. The van der Waals surface area contributed by atoms with E-state index in [1.165, 1.54) is 23.3 Å². The number of rotatable bonds is 5. The Bertz CT molecular complexity index is 388. The van der Waals surface area contributed by atoms with Gasteiger partial charge in [0.05, 0.1) is 8.67 Å². The number of nitrogens with zero attached hydrogens (tertiary/aromatic N) is 1. The van der Waals surface area contributed by atoms with Gasteiger partial charge in [-0.1, -0.05) is 30.1 Å². The largest absolute Gasteiger partial charge is 0.315 e. The van der Waals surface area contributed by atoms with Crippen LogP contribution in [-0.2, 0) is 0 Å². The summed E-state index contributed by atoms with van der Waals surface area (Å²) >= 11 is 13.8. The molecule has 0 amide bonds. The zero-order valence-electron chi connectivity index (χ0n) is 10.9. The van der Waals surface area contributed by atoms with E-state index in [1.54, 1.807) is 0 Å². The molecule has 2 heterocycles. The summed E-state index contributed by atoms with van der Waals surface area (Å²) in [6.07, 6.45) is 2.39. The van der Waals surface area contributed by atoms with E-state index in [2.05, 4.69) is 24.1 Å². The molecule has 0 saturated carbocycles. The van der Waals surface area contributed by atoms with Crippen molar-refractivity contribution in [3.63, 3.8) is 0 Å². The van der Waals surface area contributed by atoms with Gasteiger partial charge >= 0.3 is 0 Å². The third-order valence-corrected chi connectivity index (χ3v) is 5.13. The summed E-state index contributed by atoms with van der Waals surface area (Å²) in [5.74, 6) is 0. The highest BCUT2D eigenvalue weighted by molar-refractivity contribution is 7.20. The van der Waals surface area contributed by atoms with Gasteiger partial charge in [0.2, 0.25) is 0 Å². The topological polar surface area (TPSA) is 15.3 Å². The van der Waals surface area contributed by atoms with E-state index in [-0.39, 0.29) is 0 Å². The second kappa shape index (κ2) is 6.58. The predicted molar refractivity (Wildman–Crippen MR) is 81.0 cm³/mol. The molecule has 0 radical (unpaired) electrons. The maximum atomic E-state index is 6.28. The molecule has 18 heavy (non-hydrogen) atoms. The quantitative estimate of drug-likeness (QED) is 0.877. The molecule has 0 aromatic carbocycles. The lowest BCUT2D eigenvalue weighted by Crippen LogP contribution is -2.39. The molecule has 2 rings (SSSR count). The van der Waals surface area contributed by atoms with E-state index in [0.717, 1.165) is 34.7 Å². The first-order valence-electron chi connectivity index (χ1n) is 6.54. The fourth-order valence-corrected chi connectivity index (χ4v) is 4.32. The maximum absolute atomic E-state index is 6.28. The molecule has 2 atom stereocenters. The summed E-state index contributed by atoms with van der Waals surface area (Å²) in [5.41, 5.74) is 1.17. The van der Waals surface area contributed by atoms with Crippen LogP contribution in [0.15, 0.2) is 6.07 Å². The van der Waals surface area contributed by atoms with Crippen LogP contribution in [-0.4, -0.2) is 30.6 Å². The van der Waals surface area contributed by atoms with E-state index in [1.807, 2.05) is 6.07 Å². The highest BCUT2D eigenvalue weighted by Crippen LogP contribution is 2.38.